The minimum absolute atomic E-state index is 0.301. The van der Waals surface area contributed by atoms with E-state index in [0.29, 0.717) is 6.04 Å². The molecule has 0 aliphatic carbocycles. The van der Waals surface area contributed by atoms with Crippen LogP contribution in [0.3, 0.4) is 0 Å². The number of nitrogens with zero attached hydrogens (tertiary/aromatic N) is 2. The molecule has 1 N–H and O–H groups in total. The molecule has 2 rings (SSSR count). The van der Waals surface area contributed by atoms with Crippen LogP contribution in [0.25, 0.3) is 0 Å². The van der Waals surface area contributed by atoms with E-state index in [1.165, 1.54) is 16.8 Å². The van der Waals surface area contributed by atoms with Crippen molar-refractivity contribution in [3.63, 3.8) is 0 Å². The van der Waals surface area contributed by atoms with E-state index in [1.807, 2.05) is 18.8 Å². The molecular formula is C15H20BrN3. The average Bonchev–Trinajstić information content (AvgIpc) is 2.63. The lowest BCUT2D eigenvalue weighted by atomic mass is 9.97. The molecule has 0 aliphatic heterocycles. The molecule has 102 valence electrons. The van der Waals surface area contributed by atoms with Crippen LogP contribution in [0.15, 0.2) is 28.7 Å². The van der Waals surface area contributed by atoms with Gasteiger partial charge in [0.25, 0.3) is 0 Å². The van der Waals surface area contributed by atoms with Crippen LogP contribution in [0.2, 0.25) is 0 Å². The quantitative estimate of drug-likeness (QED) is 0.936. The van der Waals surface area contributed by atoms with Crippen LogP contribution >= 0.6 is 15.9 Å². The van der Waals surface area contributed by atoms with E-state index in [-0.39, 0.29) is 0 Å². The van der Waals surface area contributed by atoms with Crippen LogP contribution in [0.1, 0.15) is 28.6 Å². The Morgan fingerprint density at radius 2 is 1.89 bits per heavy atom. The van der Waals surface area contributed by atoms with Gasteiger partial charge in [-0.25, -0.2) is 0 Å². The van der Waals surface area contributed by atoms with Gasteiger partial charge >= 0.3 is 0 Å². The maximum absolute atomic E-state index is 4.50. The maximum atomic E-state index is 4.50. The summed E-state index contributed by atoms with van der Waals surface area (Å²) in [5, 5.41) is 7.92. The van der Waals surface area contributed by atoms with Crippen molar-refractivity contribution >= 4 is 15.9 Å². The van der Waals surface area contributed by atoms with Crippen LogP contribution in [0.4, 0.5) is 0 Å². The van der Waals surface area contributed by atoms with Gasteiger partial charge in [-0.1, -0.05) is 28.1 Å². The summed E-state index contributed by atoms with van der Waals surface area (Å²) in [4.78, 5) is 0. The normalized spacial score (nSPS) is 12.7. The lowest BCUT2D eigenvalue weighted by molar-refractivity contribution is 0.584. The van der Waals surface area contributed by atoms with Crippen molar-refractivity contribution in [2.75, 3.05) is 7.05 Å². The second-order valence-electron chi connectivity index (χ2n) is 4.88. The van der Waals surface area contributed by atoms with Crippen molar-refractivity contribution in [1.82, 2.24) is 15.1 Å². The lowest BCUT2D eigenvalue weighted by Crippen LogP contribution is -2.20. The summed E-state index contributed by atoms with van der Waals surface area (Å²) in [6, 6.07) is 8.80. The summed E-state index contributed by atoms with van der Waals surface area (Å²) in [6.07, 6.45) is 0.969. The fraction of sp³-hybridized carbons (Fsp3) is 0.400. The predicted octanol–water partition coefficient (Wildman–Crippen LogP) is 3.30. The Balaban J connectivity index is 2.27. The summed E-state index contributed by atoms with van der Waals surface area (Å²) in [6.45, 7) is 4.20. The first-order valence-corrected chi connectivity index (χ1v) is 7.24. The molecule has 0 spiro atoms. The number of likely N-dealkylation sites (N-methyl/N-ethyl adjacent to an activating group) is 1. The first-order chi connectivity index (χ1) is 9.02. The van der Waals surface area contributed by atoms with Gasteiger partial charge in [0.1, 0.15) is 0 Å². The number of benzene rings is 1. The SMILES string of the molecule is CNC(Cc1ccc(Br)cc1)c1c(C)nn(C)c1C. The zero-order chi connectivity index (χ0) is 14.0. The molecule has 0 saturated heterocycles. The summed E-state index contributed by atoms with van der Waals surface area (Å²) >= 11 is 3.47. The number of hydrogen-bond donors (Lipinski definition) is 1. The predicted molar refractivity (Wildman–Crippen MR) is 82.3 cm³/mol. The first kappa shape index (κ1) is 14.3. The third kappa shape index (κ3) is 3.07. The summed E-state index contributed by atoms with van der Waals surface area (Å²) in [5.41, 5.74) is 4.98. The monoisotopic (exact) mass is 321 g/mol. The molecule has 2 aromatic rings. The van der Waals surface area contributed by atoms with E-state index in [0.717, 1.165) is 16.6 Å². The van der Waals surface area contributed by atoms with Crippen LogP contribution < -0.4 is 5.32 Å². The second kappa shape index (κ2) is 5.88. The molecule has 0 saturated carbocycles. The molecule has 4 heteroatoms. The molecule has 1 heterocycles. The second-order valence-corrected chi connectivity index (χ2v) is 5.80. The smallest absolute Gasteiger partial charge is 0.0644 e. The molecular weight excluding hydrogens is 302 g/mol. The average molecular weight is 322 g/mol. The van der Waals surface area contributed by atoms with Gasteiger partial charge in [0.2, 0.25) is 0 Å². The van der Waals surface area contributed by atoms with Gasteiger partial charge < -0.3 is 5.32 Å². The number of hydrogen-bond acceptors (Lipinski definition) is 2. The Labute approximate surface area is 123 Å². The van der Waals surface area contributed by atoms with E-state index < -0.39 is 0 Å². The fourth-order valence-electron chi connectivity index (χ4n) is 2.50. The van der Waals surface area contributed by atoms with Gasteiger partial charge in [-0.3, -0.25) is 4.68 Å². The van der Waals surface area contributed by atoms with Crippen molar-refractivity contribution < 1.29 is 0 Å². The Morgan fingerprint density at radius 1 is 1.26 bits per heavy atom. The summed E-state index contributed by atoms with van der Waals surface area (Å²) in [5.74, 6) is 0. The molecule has 1 unspecified atom stereocenters. The highest BCUT2D eigenvalue weighted by molar-refractivity contribution is 9.10. The molecule has 0 radical (unpaired) electrons. The zero-order valence-corrected chi connectivity index (χ0v) is 13.5. The van der Waals surface area contributed by atoms with Crippen molar-refractivity contribution in [2.24, 2.45) is 7.05 Å². The first-order valence-electron chi connectivity index (χ1n) is 6.44. The molecule has 0 amide bonds. The van der Waals surface area contributed by atoms with E-state index >= 15 is 0 Å². The Hall–Kier alpha value is -1.13. The van der Waals surface area contributed by atoms with Gasteiger partial charge in [-0.05, 0) is 45.0 Å². The number of aryl methyl sites for hydroxylation is 2. The third-order valence-electron chi connectivity index (χ3n) is 3.61. The van der Waals surface area contributed by atoms with Crippen molar-refractivity contribution in [1.29, 1.82) is 0 Å². The van der Waals surface area contributed by atoms with Crippen LogP contribution in [-0.2, 0) is 13.5 Å². The molecule has 1 aromatic heterocycles. The Bertz CT molecular complexity index is 558. The lowest BCUT2D eigenvalue weighted by Gasteiger charge is -2.17. The van der Waals surface area contributed by atoms with E-state index in [1.54, 1.807) is 0 Å². The maximum Gasteiger partial charge on any atom is 0.0644 e. The topological polar surface area (TPSA) is 29.9 Å². The highest BCUT2D eigenvalue weighted by Gasteiger charge is 2.18. The minimum Gasteiger partial charge on any atom is -0.313 e. The largest absolute Gasteiger partial charge is 0.313 e. The van der Waals surface area contributed by atoms with Gasteiger partial charge in [-0.15, -0.1) is 0 Å². The van der Waals surface area contributed by atoms with Gasteiger partial charge in [-0.2, -0.15) is 5.10 Å². The summed E-state index contributed by atoms with van der Waals surface area (Å²) in [7, 11) is 4.01. The highest BCUT2D eigenvalue weighted by atomic mass is 79.9. The van der Waals surface area contributed by atoms with Crippen molar-refractivity contribution in [3.05, 3.63) is 51.3 Å². The minimum atomic E-state index is 0.301. The van der Waals surface area contributed by atoms with Crippen molar-refractivity contribution in [3.8, 4) is 0 Å². The molecule has 1 atom stereocenters. The van der Waals surface area contributed by atoms with Crippen LogP contribution in [0, 0.1) is 13.8 Å². The number of aromatic nitrogens is 2. The molecule has 1 aromatic carbocycles. The fourth-order valence-corrected chi connectivity index (χ4v) is 2.76. The van der Waals surface area contributed by atoms with Gasteiger partial charge in [0.05, 0.1) is 5.69 Å². The van der Waals surface area contributed by atoms with Crippen molar-refractivity contribution in [2.45, 2.75) is 26.3 Å². The molecule has 0 aliphatic rings. The Kier molecular flexibility index (Phi) is 4.42. The van der Waals surface area contributed by atoms with E-state index in [9.17, 15) is 0 Å². The number of nitrogens with one attached hydrogen (secondary N) is 1. The van der Waals surface area contributed by atoms with Gasteiger partial charge in [0.15, 0.2) is 0 Å². The standard InChI is InChI=1S/C15H20BrN3/c1-10-15(11(2)19(4)18-10)14(17-3)9-12-5-7-13(16)8-6-12/h5-8,14,17H,9H2,1-4H3. The van der Waals surface area contributed by atoms with Crippen LogP contribution in [0.5, 0.6) is 0 Å². The molecule has 0 bridgehead atoms. The number of rotatable bonds is 4. The van der Waals surface area contributed by atoms with E-state index in [2.05, 4.69) is 64.5 Å². The zero-order valence-electron chi connectivity index (χ0n) is 11.9. The van der Waals surface area contributed by atoms with E-state index in [4.69, 9.17) is 0 Å². The Morgan fingerprint density at radius 3 is 2.37 bits per heavy atom. The molecule has 19 heavy (non-hydrogen) atoms. The molecule has 3 nitrogen and oxygen atoms in total. The van der Waals surface area contributed by atoms with Crippen LogP contribution in [-0.4, -0.2) is 16.8 Å². The summed E-state index contributed by atoms with van der Waals surface area (Å²) < 4.78 is 3.07. The third-order valence-corrected chi connectivity index (χ3v) is 4.14. The van der Waals surface area contributed by atoms with Gasteiger partial charge in [0, 0.05) is 28.8 Å². The highest BCUT2D eigenvalue weighted by Crippen LogP contribution is 2.24. The molecule has 0 fully saturated rings. The number of halogens is 1.